The maximum atomic E-state index is 12.9. The molecular formula is C13H17FN4OS. The van der Waals surface area contributed by atoms with E-state index in [4.69, 9.17) is 5.84 Å². The minimum Gasteiger partial charge on any atom is -0.390 e. The van der Waals surface area contributed by atoms with Crippen LogP contribution in [0.5, 0.6) is 0 Å². The number of nitrogens with two attached hydrogens (primary N) is 1. The summed E-state index contributed by atoms with van der Waals surface area (Å²) < 4.78 is 14.3. The normalized spacial score (nSPS) is 11.8. The van der Waals surface area contributed by atoms with E-state index in [1.54, 1.807) is 26.0 Å². The first-order valence-corrected chi connectivity index (χ1v) is 7.17. The van der Waals surface area contributed by atoms with E-state index in [-0.39, 0.29) is 5.82 Å². The van der Waals surface area contributed by atoms with Crippen LogP contribution in [-0.4, -0.2) is 31.3 Å². The third kappa shape index (κ3) is 3.71. The van der Waals surface area contributed by atoms with Crippen LogP contribution in [0, 0.1) is 5.82 Å². The molecule has 20 heavy (non-hydrogen) atoms. The summed E-state index contributed by atoms with van der Waals surface area (Å²) in [7, 11) is 0. The van der Waals surface area contributed by atoms with Gasteiger partial charge in [-0.05, 0) is 44.5 Å². The van der Waals surface area contributed by atoms with Crippen LogP contribution in [0.4, 0.5) is 4.39 Å². The van der Waals surface area contributed by atoms with Crippen LogP contribution in [-0.2, 0) is 0 Å². The average molecular weight is 296 g/mol. The van der Waals surface area contributed by atoms with Crippen molar-refractivity contribution in [2.75, 3.05) is 11.6 Å². The van der Waals surface area contributed by atoms with Crippen molar-refractivity contribution < 1.29 is 9.50 Å². The zero-order valence-corrected chi connectivity index (χ0v) is 12.2. The molecule has 0 saturated heterocycles. The van der Waals surface area contributed by atoms with Crippen molar-refractivity contribution >= 4 is 11.8 Å². The number of nitrogens with zero attached hydrogens (tertiary/aromatic N) is 3. The van der Waals surface area contributed by atoms with Crippen molar-refractivity contribution in [2.45, 2.75) is 31.0 Å². The SMILES string of the molecule is CC(C)(O)CCSc1nnc(-c2ccc(F)cc2)n1N. The molecule has 0 bridgehead atoms. The Kier molecular flexibility index (Phi) is 4.29. The Morgan fingerprint density at radius 2 is 1.95 bits per heavy atom. The molecule has 0 aliphatic rings. The molecule has 0 atom stereocenters. The van der Waals surface area contributed by atoms with Gasteiger partial charge in [0.2, 0.25) is 5.16 Å². The van der Waals surface area contributed by atoms with Gasteiger partial charge in [-0.25, -0.2) is 9.07 Å². The van der Waals surface area contributed by atoms with Gasteiger partial charge in [-0.1, -0.05) is 11.8 Å². The highest BCUT2D eigenvalue weighted by Gasteiger charge is 2.15. The predicted octanol–water partition coefficient (Wildman–Crippen LogP) is 2.05. The highest BCUT2D eigenvalue weighted by Crippen LogP contribution is 2.23. The summed E-state index contributed by atoms with van der Waals surface area (Å²) in [6.45, 7) is 3.51. The largest absolute Gasteiger partial charge is 0.390 e. The van der Waals surface area contributed by atoms with Crippen molar-refractivity contribution in [1.29, 1.82) is 0 Å². The van der Waals surface area contributed by atoms with E-state index in [2.05, 4.69) is 10.2 Å². The zero-order chi connectivity index (χ0) is 14.8. The summed E-state index contributed by atoms with van der Waals surface area (Å²) in [5, 5.41) is 18.2. The van der Waals surface area contributed by atoms with Crippen LogP contribution < -0.4 is 5.84 Å². The van der Waals surface area contributed by atoms with Gasteiger partial charge in [0.15, 0.2) is 5.82 Å². The number of aromatic nitrogens is 3. The molecule has 0 saturated carbocycles. The lowest BCUT2D eigenvalue weighted by atomic mass is 10.1. The summed E-state index contributed by atoms with van der Waals surface area (Å²) >= 11 is 1.42. The Morgan fingerprint density at radius 1 is 1.30 bits per heavy atom. The molecule has 0 aliphatic carbocycles. The minimum absolute atomic E-state index is 0.309. The number of halogens is 1. The van der Waals surface area contributed by atoms with Gasteiger partial charge >= 0.3 is 0 Å². The van der Waals surface area contributed by atoms with Gasteiger partial charge in [-0.15, -0.1) is 10.2 Å². The van der Waals surface area contributed by atoms with E-state index >= 15 is 0 Å². The van der Waals surface area contributed by atoms with Crippen LogP contribution in [0.3, 0.4) is 0 Å². The van der Waals surface area contributed by atoms with E-state index in [1.165, 1.54) is 28.6 Å². The third-order valence-corrected chi connectivity index (χ3v) is 3.66. The first kappa shape index (κ1) is 14.8. The Balaban J connectivity index is 2.09. The molecular weight excluding hydrogens is 279 g/mol. The van der Waals surface area contributed by atoms with Crippen molar-refractivity contribution in [1.82, 2.24) is 14.9 Å². The fourth-order valence-corrected chi connectivity index (χ4v) is 2.67. The molecule has 7 heteroatoms. The molecule has 0 fully saturated rings. The molecule has 0 amide bonds. The Hall–Kier alpha value is -1.60. The number of hydrogen-bond donors (Lipinski definition) is 2. The van der Waals surface area contributed by atoms with E-state index in [0.29, 0.717) is 28.7 Å². The maximum Gasteiger partial charge on any atom is 0.210 e. The highest BCUT2D eigenvalue weighted by molar-refractivity contribution is 7.99. The Bertz CT molecular complexity index is 577. The molecule has 108 valence electrons. The van der Waals surface area contributed by atoms with Gasteiger partial charge in [-0.2, -0.15) is 0 Å². The molecule has 1 heterocycles. The summed E-state index contributed by atoms with van der Waals surface area (Å²) in [4.78, 5) is 0. The van der Waals surface area contributed by atoms with Crippen LogP contribution in [0.2, 0.25) is 0 Å². The quantitative estimate of drug-likeness (QED) is 0.652. The van der Waals surface area contributed by atoms with Crippen molar-refractivity contribution in [2.24, 2.45) is 0 Å². The lowest BCUT2D eigenvalue weighted by molar-refractivity contribution is 0.0777. The molecule has 0 aliphatic heterocycles. The standard InChI is InChI=1S/C13H17FN4OS/c1-13(2,19)7-8-20-12-17-16-11(18(12)15)9-3-5-10(14)6-4-9/h3-6,19H,7-8,15H2,1-2H3. The Morgan fingerprint density at radius 3 is 2.55 bits per heavy atom. The molecule has 1 aromatic carbocycles. The number of nitrogen functional groups attached to an aromatic ring is 1. The number of hydrogen-bond acceptors (Lipinski definition) is 5. The second kappa shape index (κ2) is 5.80. The molecule has 2 aromatic rings. The summed E-state index contributed by atoms with van der Waals surface area (Å²) in [5.74, 6) is 6.79. The monoisotopic (exact) mass is 296 g/mol. The van der Waals surface area contributed by atoms with Gasteiger partial charge in [0.25, 0.3) is 0 Å². The zero-order valence-electron chi connectivity index (χ0n) is 11.4. The molecule has 1 aromatic heterocycles. The summed E-state index contributed by atoms with van der Waals surface area (Å²) in [6, 6.07) is 5.91. The molecule has 5 nitrogen and oxygen atoms in total. The van der Waals surface area contributed by atoms with Gasteiger partial charge in [-0.3, -0.25) is 0 Å². The predicted molar refractivity (Wildman–Crippen MR) is 77.2 cm³/mol. The second-order valence-corrected chi connectivity index (χ2v) is 6.16. The summed E-state index contributed by atoms with van der Waals surface area (Å²) in [5.41, 5.74) is -0.0116. The first-order valence-electron chi connectivity index (χ1n) is 6.18. The number of aliphatic hydroxyl groups is 1. The number of thioether (sulfide) groups is 1. The van der Waals surface area contributed by atoms with Crippen molar-refractivity contribution in [3.63, 3.8) is 0 Å². The maximum absolute atomic E-state index is 12.9. The van der Waals surface area contributed by atoms with E-state index in [1.807, 2.05) is 0 Å². The third-order valence-electron chi connectivity index (χ3n) is 2.71. The smallest absolute Gasteiger partial charge is 0.210 e. The van der Waals surface area contributed by atoms with Crippen LogP contribution >= 0.6 is 11.8 Å². The van der Waals surface area contributed by atoms with Crippen LogP contribution in [0.1, 0.15) is 20.3 Å². The molecule has 2 rings (SSSR count). The lowest BCUT2D eigenvalue weighted by Gasteiger charge is -2.15. The molecule has 0 radical (unpaired) electrons. The van der Waals surface area contributed by atoms with Gasteiger partial charge in [0, 0.05) is 11.3 Å². The molecule has 3 N–H and O–H groups in total. The van der Waals surface area contributed by atoms with E-state index in [9.17, 15) is 9.50 Å². The minimum atomic E-state index is -0.716. The topological polar surface area (TPSA) is 77.0 Å². The first-order chi connectivity index (χ1) is 9.37. The van der Waals surface area contributed by atoms with E-state index in [0.717, 1.165) is 0 Å². The molecule has 0 unspecified atom stereocenters. The van der Waals surface area contributed by atoms with Crippen molar-refractivity contribution in [3.8, 4) is 11.4 Å². The van der Waals surface area contributed by atoms with Gasteiger partial charge < -0.3 is 10.9 Å². The Labute approximate surface area is 121 Å². The van der Waals surface area contributed by atoms with Gasteiger partial charge in [0.05, 0.1) is 5.60 Å². The second-order valence-electron chi connectivity index (χ2n) is 5.09. The van der Waals surface area contributed by atoms with Gasteiger partial charge in [0.1, 0.15) is 5.82 Å². The van der Waals surface area contributed by atoms with E-state index < -0.39 is 5.60 Å². The fraction of sp³-hybridized carbons (Fsp3) is 0.385. The fourth-order valence-electron chi connectivity index (χ4n) is 1.56. The van der Waals surface area contributed by atoms with Crippen LogP contribution in [0.15, 0.2) is 29.4 Å². The molecule has 0 spiro atoms. The van der Waals surface area contributed by atoms with Crippen LogP contribution in [0.25, 0.3) is 11.4 Å². The average Bonchev–Trinajstić information content (AvgIpc) is 2.71. The highest BCUT2D eigenvalue weighted by atomic mass is 32.2. The summed E-state index contributed by atoms with van der Waals surface area (Å²) in [6.07, 6.45) is 0.621. The number of rotatable bonds is 5. The lowest BCUT2D eigenvalue weighted by Crippen LogP contribution is -2.19. The van der Waals surface area contributed by atoms with Crippen molar-refractivity contribution in [3.05, 3.63) is 30.1 Å². The number of benzene rings is 1.